The lowest BCUT2D eigenvalue weighted by molar-refractivity contribution is -0.132. The molecule has 0 saturated carbocycles. The molecule has 0 radical (unpaired) electrons. The number of carbonyl (C=O) groups is 2. The van der Waals surface area contributed by atoms with Crippen LogP contribution in [0.25, 0.3) is 5.76 Å². The normalized spacial score (nSPS) is 16.7. The van der Waals surface area contributed by atoms with E-state index in [0.717, 1.165) is 16.7 Å². The van der Waals surface area contributed by atoms with Crippen LogP contribution in [-0.4, -0.2) is 34.1 Å². The van der Waals surface area contributed by atoms with Gasteiger partial charge in [0.1, 0.15) is 11.5 Å². The number of aliphatic hydroxyl groups is 1. The molecule has 2 heterocycles. The maximum Gasteiger partial charge on any atom is 0.301 e. The number of hydrogen-bond donors (Lipinski definition) is 1. The number of aromatic nitrogens is 2. The van der Waals surface area contributed by atoms with E-state index < -0.39 is 17.7 Å². The van der Waals surface area contributed by atoms with Crippen LogP contribution < -0.4 is 9.64 Å². The third-order valence-electron chi connectivity index (χ3n) is 6.33. The lowest BCUT2D eigenvalue weighted by atomic mass is 9.93. The van der Waals surface area contributed by atoms with E-state index in [4.69, 9.17) is 4.74 Å². The van der Waals surface area contributed by atoms with Crippen molar-refractivity contribution >= 4 is 45.7 Å². The summed E-state index contributed by atoms with van der Waals surface area (Å²) in [5, 5.41) is 20.3. The summed E-state index contributed by atoms with van der Waals surface area (Å²) in [6.07, 6.45) is 0. The molecule has 1 amide bonds. The number of nitrogens with zero attached hydrogens (tertiary/aromatic N) is 3. The molecule has 1 atom stereocenters. The second-order valence-corrected chi connectivity index (χ2v) is 11.1. The smallest absolute Gasteiger partial charge is 0.301 e. The van der Waals surface area contributed by atoms with Crippen LogP contribution in [-0.2, 0) is 15.3 Å². The quantitative estimate of drug-likeness (QED) is 0.0992. The number of methoxy groups -OCH3 is 1. The van der Waals surface area contributed by atoms with Gasteiger partial charge in [-0.25, -0.2) is 0 Å². The van der Waals surface area contributed by atoms with Crippen molar-refractivity contribution in [3.63, 3.8) is 0 Å². The van der Waals surface area contributed by atoms with Crippen LogP contribution >= 0.6 is 23.1 Å². The van der Waals surface area contributed by atoms with Crippen LogP contribution in [0.4, 0.5) is 5.13 Å². The summed E-state index contributed by atoms with van der Waals surface area (Å²) < 4.78 is 5.97. The second kappa shape index (κ2) is 10.8. The minimum atomic E-state index is -0.874. The third-order valence-corrected chi connectivity index (χ3v) is 8.46. The molecule has 7 nitrogen and oxygen atoms in total. The van der Waals surface area contributed by atoms with Gasteiger partial charge in [0.2, 0.25) is 5.13 Å². The first-order valence-electron chi connectivity index (χ1n) is 11.9. The summed E-state index contributed by atoms with van der Waals surface area (Å²) in [7, 11) is 1.57. The molecule has 0 aliphatic carbocycles. The van der Waals surface area contributed by atoms with Gasteiger partial charge in [0.05, 0.1) is 18.7 Å². The van der Waals surface area contributed by atoms with Crippen LogP contribution in [0.5, 0.6) is 5.75 Å². The molecule has 1 aliphatic rings. The van der Waals surface area contributed by atoms with E-state index in [9.17, 15) is 14.7 Å². The fourth-order valence-electron chi connectivity index (χ4n) is 4.34. The molecule has 9 heteroatoms. The largest absolute Gasteiger partial charge is 0.507 e. The maximum atomic E-state index is 13.4. The number of amides is 1. The molecule has 4 aromatic rings. The number of thioether (sulfide) groups is 1. The van der Waals surface area contributed by atoms with Gasteiger partial charge in [-0.1, -0.05) is 83.3 Å². The highest BCUT2D eigenvalue weighted by molar-refractivity contribution is 8.00. The fraction of sp³-hybridized carbons (Fsp3) is 0.172. The Bertz CT molecular complexity index is 1530. The monoisotopic (exact) mass is 543 g/mol. The number of aliphatic hydroxyl groups excluding tert-OH is 1. The van der Waals surface area contributed by atoms with Crippen molar-refractivity contribution in [2.75, 3.05) is 12.0 Å². The predicted octanol–water partition coefficient (Wildman–Crippen LogP) is 6.08. The van der Waals surface area contributed by atoms with Crippen molar-refractivity contribution in [3.8, 4) is 5.75 Å². The Morgan fingerprint density at radius 2 is 1.76 bits per heavy atom. The molecule has 192 valence electrons. The average Bonchev–Trinajstić information content (AvgIpc) is 3.51. The molecule has 1 saturated heterocycles. The van der Waals surface area contributed by atoms with Crippen molar-refractivity contribution in [1.82, 2.24) is 10.2 Å². The highest BCUT2D eigenvalue weighted by Crippen LogP contribution is 2.44. The molecule has 1 aliphatic heterocycles. The molecule has 0 spiro atoms. The van der Waals surface area contributed by atoms with Gasteiger partial charge in [0.25, 0.3) is 5.78 Å². The zero-order valence-corrected chi connectivity index (χ0v) is 22.7. The summed E-state index contributed by atoms with van der Waals surface area (Å²) in [4.78, 5) is 28.2. The van der Waals surface area contributed by atoms with E-state index in [-0.39, 0.29) is 11.3 Å². The van der Waals surface area contributed by atoms with E-state index in [1.807, 2.05) is 62.4 Å². The third kappa shape index (κ3) is 4.94. The van der Waals surface area contributed by atoms with Crippen molar-refractivity contribution in [1.29, 1.82) is 0 Å². The Kier molecular flexibility index (Phi) is 7.31. The summed E-state index contributed by atoms with van der Waals surface area (Å²) in [6.45, 7) is 3.76. The number of aryl methyl sites for hydroxylation is 2. The maximum absolute atomic E-state index is 13.4. The lowest BCUT2D eigenvalue weighted by Crippen LogP contribution is -2.29. The molecule has 1 unspecified atom stereocenters. The number of ketones is 1. The SMILES string of the molecule is COc1ccc(C2C(=C(O)c3cc(C)ccc3C)C(=O)C(=O)N2c2nnc(SCc3ccccc3)s2)cc1. The Balaban J connectivity index is 1.58. The van der Waals surface area contributed by atoms with E-state index in [1.54, 1.807) is 31.4 Å². The van der Waals surface area contributed by atoms with Gasteiger partial charge in [-0.15, -0.1) is 10.2 Å². The van der Waals surface area contributed by atoms with E-state index >= 15 is 0 Å². The number of benzene rings is 3. The van der Waals surface area contributed by atoms with Gasteiger partial charge in [-0.2, -0.15) is 0 Å². The van der Waals surface area contributed by atoms with Gasteiger partial charge in [-0.3, -0.25) is 14.5 Å². The molecule has 1 N–H and O–H groups in total. The Labute approximate surface area is 228 Å². The summed E-state index contributed by atoms with van der Waals surface area (Å²) >= 11 is 2.75. The topological polar surface area (TPSA) is 92.6 Å². The number of rotatable bonds is 7. The van der Waals surface area contributed by atoms with E-state index in [2.05, 4.69) is 10.2 Å². The van der Waals surface area contributed by atoms with Crippen molar-refractivity contribution in [2.45, 2.75) is 30.0 Å². The number of ether oxygens (including phenoxy) is 1. The zero-order valence-electron chi connectivity index (χ0n) is 21.0. The Hall–Kier alpha value is -3.95. The first-order valence-corrected chi connectivity index (χ1v) is 13.7. The number of Topliss-reactive ketones (excluding diaryl/α,β-unsaturated/α-hetero) is 1. The Morgan fingerprint density at radius 1 is 1.03 bits per heavy atom. The number of anilines is 1. The molecule has 38 heavy (non-hydrogen) atoms. The predicted molar refractivity (Wildman–Crippen MR) is 150 cm³/mol. The van der Waals surface area contributed by atoms with Crippen LogP contribution in [0.2, 0.25) is 0 Å². The molecule has 1 aromatic heterocycles. The van der Waals surface area contributed by atoms with Crippen LogP contribution in [0.15, 0.2) is 82.7 Å². The summed E-state index contributed by atoms with van der Waals surface area (Å²) in [6, 6.07) is 21.8. The van der Waals surface area contributed by atoms with Gasteiger partial charge in [-0.05, 0) is 48.7 Å². The van der Waals surface area contributed by atoms with E-state index in [1.165, 1.54) is 28.0 Å². The average molecular weight is 544 g/mol. The lowest BCUT2D eigenvalue weighted by Gasteiger charge is -2.23. The minimum absolute atomic E-state index is 0.0163. The molecular weight excluding hydrogens is 518 g/mol. The molecular formula is C29H25N3O4S2. The van der Waals surface area contributed by atoms with Crippen LogP contribution in [0.1, 0.15) is 33.9 Å². The van der Waals surface area contributed by atoms with Crippen LogP contribution in [0, 0.1) is 13.8 Å². The second-order valence-electron chi connectivity index (χ2n) is 8.89. The molecule has 0 bridgehead atoms. The standard InChI is InChI=1S/C29H25N3O4S2/c1-17-9-10-18(2)22(15-17)25(33)23-24(20-11-13-21(36-3)14-12-20)32(27(35)26(23)34)28-30-31-29(38-28)37-16-19-7-5-4-6-8-19/h4-15,24,33H,16H2,1-3H3. The zero-order chi connectivity index (χ0) is 26.8. The number of carbonyl (C=O) groups excluding carboxylic acids is 2. The first-order chi connectivity index (χ1) is 18.4. The fourth-order valence-corrected chi connectivity index (χ4v) is 6.17. The number of hydrogen-bond acceptors (Lipinski definition) is 8. The summed E-state index contributed by atoms with van der Waals surface area (Å²) in [5.41, 5.74) is 4.03. The van der Waals surface area contributed by atoms with Gasteiger partial charge in [0.15, 0.2) is 4.34 Å². The highest BCUT2D eigenvalue weighted by atomic mass is 32.2. The van der Waals surface area contributed by atoms with Crippen molar-refractivity contribution < 1.29 is 19.4 Å². The highest BCUT2D eigenvalue weighted by Gasteiger charge is 2.48. The van der Waals surface area contributed by atoms with Crippen LogP contribution in [0.3, 0.4) is 0 Å². The Morgan fingerprint density at radius 3 is 2.47 bits per heavy atom. The van der Waals surface area contributed by atoms with Crippen molar-refractivity contribution in [3.05, 3.63) is 106 Å². The molecule has 1 fully saturated rings. The van der Waals surface area contributed by atoms with Crippen molar-refractivity contribution in [2.24, 2.45) is 0 Å². The molecule has 3 aromatic carbocycles. The minimum Gasteiger partial charge on any atom is -0.507 e. The van der Waals surface area contributed by atoms with Gasteiger partial charge in [0, 0.05) is 11.3 Å². The first kappa shape index (κ1) is 25.7. The van der Waals surface area contributed by atoms with E-state index in [0.29, 0.717) is 32.1 Å². The molecule has 5 rings (SSSR count). The van der Waals surface area contributed by atoms with Gasteiger partial charge >= 0.3 is 5.91 Å². The summed E-state index contributed by atoms with van der Waals surface area (Å²) in [5.74, 6) is -0.402. The van der Waals surface area contributed by atoms with Gasteiger partial charge < -0.3 is 9.84 Å².